The van der Waals surface area contributed by atoms with Crippen LogP contribution in [-0.4, -0.2) is 37.3 Å². The number of benzene rings is 2. The van der Waals surface area contributed by atoms with Crippen LogP contribution in [0.2, 0.25) is 5.02 Å². The molecule has 0 radical (unpaired) electrons. The number of ether oxygens (including phenoxy) is 1. The average molecular weight is 499 g/mol. The van der Waals surface area contributed by atoms with Crippen molar-refractivity contribution < 1.29 is 9.53 Å². The summed E-state index contributed by atoms with van der Waals surface area (Å²) in [5, 5.41) is 5.36. The highest BCUT2D eigenvalue weighted by Crippen LogP contribution is 2.37. The summed E-state index contributed by atoms with van der Waals surface area (Å²) in [6.45, 7) is 6.24. The zero-order valence-corrected chi connectivity index (χ0v) is 21.1. The third kappa shape index (κ3) is 4.83. The van der Waals surface area contributed by atoms with Crippen molar-refractivity contribution in [2.75, 3.05) is 12.2 Å². The number of carbonyl (C=O) groups excluding carboxylic acids is 1. The van der Waals surface area contributed by atoms with Crippen LogP contribution in [0.4, 0.5) is 0 Å². The fourth-order valence-electron chi connectivity index (χ4n) is 3.46. The Labute approximate surface area is 206 Å². The van der Waals surface area contributed by atoms with Gasteiger partial charge in [0.25, 0.3) is 0 Å². The molecule has 6 nitrogen and oxygen atoms in total. The number of aryl methyl sites for hydroxylation is 1. The molecule has 170 valence electrons. The van der Waals surface area contributed by atoms with Gasteiger partial charge in [-0.25, -0.2) is 14.5 Å². The summed E-state index contributed by atoms with van der Waals surface area (Å²) >= 11 is 9.37. The van der Waals surface area contributed by atoms with E-state index >= 15 is 0 Å². The summed E-state index contributed by atoms with van der Waals surface area (Å²) in [5.74, 6) is 0.489. The Kier molecular flexibility index (Phi) is 7.17. The summed E-state index contributed by atoms with van der Waals surface area (Å²) in [6, 6.07) is 15.9. The van der Waals surface area contributed by atoms with Crippen molar-refractivity contribution in [2.45, 2.75) is 26.7 Å². The van der Waals surface area contributed by atoms with E-state index in [1.165, 1.54) is 23.3 Å². The Bertz CT molecular complexity index is 1300. The van der Waals surface area contributed by atoms with Gasteiger partial charge in [-0.15, -0.1) is 11.8 Å². The molecule has 0 fully saturated rings. The van der Waals surface area contributed by atoms with Gasteiger partial charge >= 0.3 is 5.97 Å². The summed E-state index contributed by atoms with van der Waals surface area (Å²) in [7, 11) is 0. The molecule has 9 heteroatoms. The highest BCUT2D eigenvalue weighted by Gasteiger charge is 2.28. The molecule has 0 N–H and O–H groups in total. The Morgan fingerprint density at radius 1 is 1.21 bits per heavy atom. The second kappa shape index (κ2) is 10.1. The van der Waals surface area contributed by atoms with Gasteiger partial charge in [0.2, 0.25) is 0 Å². The van der Waals surface area contributed by atoms with Crippen LogP contribution in [-0.2, 0) is 4.74 Å². The van der Waals surface area contributed by atoms with E-state index < -0.39 is 5.97 Å². The first-order chi connectivity index (χ1) is 15.9. The minimum atomic E-state index is -0.570. The van der Waals surface area contributed by atoms with Crippen LogP contribution >= 0.6 is 34.9 Å². The van der Waals surface area contributed by atoms with E-state index in [4.69, 9.17) is 21.3 Å². The average Bonchev–Trinajstić information content (AvgIpc) is 3.42. The normalized spacial score (nSPS) is 11.2. The number of esters is 1. The molecule has 0 unspecified atom stereocenters. The van der Waals surface area contributed by atoms with Crippen molar-refractivity contribution >= 4 is 40.9 Å². The number of nitrogens with zero attached hydrogens (tertiary/aromatic N) is 4. The second-order valence-electron chi connectivity index (χ2n) is 7.77. The molecule has 0 atom stereocenters. The largest absolute Gasteiger partial charge is 0.450 e. The molecule has 4 rings (SSSR count). The predicted molar refractivity (Wildman–Crippen MR) is 136 cm³/mol. The van der Waals surface area contributed by atoms with Crippen molar-refractivity contribution in [1.82, 2.24) is 19.1 Å². The molecule has 0 aliphatic carbocycles. The van der Waals surface area contributed by atoms with Crippen LogP contribution in [0.15, 0.2) is 48.5 Å². The molecule has 2 aromatic heterocycles. The van der Waals surface area contributed by atoms with E-state index in [1.807, 2.05) is 61.7 Å². The van der Waals surface area contributed by atoms with Gasteiger partial charge in [0.05, 0.1) is 5.69 Å². The lowest BCUT2D eigenvalue weighted by molar-refractivity contribution is 0.0572. The first-order valence-electron chi connectivity index (χ1n) is 10.4. The minimum absolute atomic E-state index is 0.0616. The van der Waals surface area contributed by atoms with Gasteiger partial charge in [0, 0.05) is 5.56 Å². The molecule has 0 saturated carbocycles. The maximum absolute atomic E-state index is 12.7. The number of rotatable bonds is 7. The van der Waals surface area contributed by atoms with Crippen molar-refractivity contribution in [3.8, 4) is 27.8 Å². The van der Waals surface area contributed by atoms with Crippen LogP contribution in [0.5, 0.6) is 0 Å². The van der Waals surface area contributed by atoms with Gasteiger partial charge in [-0.2, -0.15) is 9.47 Å². The lowest BCUT2D eigenvalue weighted by atomic mass is 10.0. The fraction of sp³-hybridized carbons (Fsp3) is 0.250. The Balaban J connectivity index is 1.89. The zero-order chi connectivity index (χ0) is 23.5. The van der Waals surface area contributed by atoms with Gasteiger partial charge in [0.1, 0.15) is 16.7 Å². The molecule has 4 aromatic rings. The maximum Gasteiger partial charge on any atom is 0.361 e. The van der Waals surface area contributed by atoms with Crippen LogP contribution in [0.25, 0.3) is 27.8 Å². The highest BCUT2D eigenvalue weighted by atomic mass is 35.5. The summed E-state index contributed by atoms with van der Waals surface area (Å²) < 4.78 is 11.5. The van der Waals surface area contributed by atoms with E-state index in [-0.39, 0.29) is 22.6 Å². The number of para-hydroxylation sites is 1. The molecule has 0 aliphatic rings. The quantitative estimate of drug-likeness (QED) is 0.210. The van der Waals surface area contributed by atoms with Crippen molar-refractivity contribution in [3.63, 3.8) is 0 Å². The molecule has 2 aromatic carbocycles. The van der Waals surface area contributed by atoms with Gasteiger partial charge < -0.3 is 4.74 Å². The predicted octanol–water partition coefficient (Wildman–Crippen LogP) is 6.62. The first-order valence-corrected chi connectivity index (χ1v) is 12.9. The number of hydrogen-bond donors (Lipinski definition) is 0. The van der Waals surface area contributed by atoms with E-state index in [0.29, 0.717) is 16.5 Å². The summed E-state index contributed by atoms with van der Waals surface area (Å²) in [4.78, 5) is 17.5. The number of carbonyl (C=O) groups is 1. The molecule has 33 heavy (non-hydrogen) atoms. The first kappa shape index (κ1) is 23.5. The minimum Gasteiger partial charge on any atom is -0.450 e. The molecule has 2 heterocycles. The standard InChI is InChI=1S/C24H23ClN4O2S2/c1-14(2)17-10-5-6-11-18(17)29-21(19(25)20(27-29)24(30)31-13-32-4)23-26-22(28-33-23)16-9-7-8-15(3)12-16/h5-12,14H,13H2,1-4H3. The molecule has 0 aliphatic heterocycles. The molecule has 0 saturated heterocycles. The third-order valence-corrected chi connectivity index (χ3v) is 6.45. The smallest absolute Gasteiger partial charge is 0.361 e. The Hall–Kier alpha value is -2.68. The molecular formula is C24H23ClN4O2S2. The van der Waals surface area contributed by atoms with Crippen molar-refractivity contribution in [2.24, 2.45) is 0 Å². The highest BCUT2D eigenvalue weighted by molar-refractivity contribution is 7.98. The Morgan fingerprint density at radius 2 is 2.00 bits per heavy atom. The van der Waals surface area contributed by atoms with E-state index in [9.17, 15) is 4.79 Å². The summed E-state index contributed by atoms with van der Waals surface area (Å²) in [6.07, 6.45) is 1.85. The number of halogens is 1. The van der Waals surface area contributed by atoms with Gasteiger partial charge in [-0.1, -0.05) is 67.4 Å². The number of thioether (sulfide) groups is 1. The lowest BCUT2D eigenvalue weighted by Gasteiger charge is -2.14. The van der Waals surface area contributed by atoms with Crippen LogP contribution in [0.3, 0.4) is 0 Å². The summed E-state index contributed by atoms with van der Waals surface area (Å²) in [5.41, 5.74) is 4.54. The number of aromatic nitrogens is 4. The van der Waals surface area contributed by atoms with E-state index in [0.717, 1.165) is 22.4 Å². The zero-order valence-electron chi connectivity index (χ0n) is 18.7. The maximum atomic E-state index is 12.7. The van der Waals surface area contributed by atoms with Crippen molar-refractivity contribution in [1.29, 1.82) is 0 Å². The van der Waals surface area contributed by atoms with Crippen molar-refractivity contribution in [3.05, 3.63) is 70.4 Å². The fourth-order valence-corrected chi connectivity index (χ4v) is 4.75. The second-order valence-corrected chi connectivity index (χ2v) is 9.71. The topological polar surface area (TPSA) is 69.9 Å². The Morgan fingerprint density at radius 3 is 2.73 bits per heavy atom. The molecule has 0 spiro atoms. The van der Waals surface area contributed by atoms with E-state index in [2.05, 4.69) is 23.3 Å². The number of hydrogen-bond acceptors (Lipinski definition) is 7. The molecular weight excluding hydrogens is 476 g/mol. The molecule has 0 bridgehead atoms. The SMILES string of the molecule is CSCOC(=O)c1nn(-c2ccccc2C(C)C)c(-c2nc(-c3cccc(C)c3)ns2)c1Cl. The van der Waals surface area contributed by atoms with Crippen LogP contribution in [0.1, 0.15) is 41.4 Å². The monoisotopic (exact) mass is 498 g/mol. The van der Waals surface area contributed by atoms with Gasteiger partial charge in [-0.3, -0.25) is 0 Å². The molecule has 0 amide bonds. The van der Waals surface area contributed by atoms with Gasteiger partial charge in [0.15, 0.2) is 16.5 Å². The van der Waals surface area contributed by atoms with Crippen LogP contribution < -0.4 is 0 Å². The third-order valence-electron chi connectivity index (χ3n) is 5.02. The lowest BCUT2D eigenvalue weighted by Crippen LogP contribution is -2.08. The van der Waals surface area contributed by atoms with Crippen LogP contribution in [0, 0.1) is 6.92 Å². The van der Waals surface area contributed by atoms with Gasteiger partial charge in [-0.05, 0) is 48.3 Å². The van der Waals surface area contributed by atoms with E-state index in [1.54, 1.807) is 4.68 Å².